The topological polar surface area (TPSA) is 9.23 Å². The van der Waals surface area contributed by atoms with Crippen LogP contribution in [0, 0.1) is 10.8 Å². The molecule has 2 aromatic rings. The summed E-state index contributed by atoms with van der Waals surface area (Å²) in [6.07, 6.45) is 0. The SMILES string of the molecule is CC1(C)O[Si](C)(C)C(c2ccccc2)(c2ccccc2)C(C)(C)C1(C)C. The van der Waals surface area contributed by atoms with E-state index in [9.17, 15) is 0 Å². The second kappa shape index (κ2) is 5.81. The molecule has 0 amide bonds. The maximum Gasteiger partial charge on any atom is 0.202 e. The van der Waals surface area contributed by atoms with Crippen LogP contribution in [-0.2, 0) is 9.46 Å². The summed E-state index contributed by atoms with van der Waals surface area (Å²) in [7, 11) is -2.21. The number of rotatable bonds is 2. The molecule has 0 N–H and O–H groups in total. The lowest BCUT2D eigenvalue weighted by atomic mass is 9.52. The fourth-order valence-electron chi connectivity index (χ4n) is 5.78. The third-order valence-corrected chi connectivity index (χ3v) is 11.9. The number of hydrogen-bond donors (Lipinski definition) is 0. The zero-order valence-corrected chi connectivity index (χ0v) is 18.7. The Labute approximate surface area is 160 Å². The van der Waals surface area contributed by atoms with E-state index in [1.165, 1.54) is 11.1 Å². The molecule has 1 fully saturated rings. The molecule has 0 bridgehead atoms. The zero-order valence-electron chi connectivity index (χ0n) is 17.7. The summed E-state index contributed by atoms with van der Waals surface area (Å²) >= 11 is 0. The summed E-state index contributed by atoms with van der Waals surface area (Å²) < 4.78 is 7.08. The second-order valence-corrected chi connectivity index (χ2v) is 13.8. The summed E-state index contributed by atoms with van der Waals surface area (Å²) in [5.41, 5.74) is 2.57. The third-order valence-electron chi connectivity index (χ3n) is 7.83. The average molecular weight is 367 g/mol. The van der Waals surface area contributed by atoms with Gasteiger partial charge in [0, 0.05) is 5.04 Å². The zero-order chi connectivity index (χ0) is 19.4. The van der Waals surface area contributed by atoms with Crippen molar-refractivity contribution in [3.05, 3.63) is 71.8 Å². The molecule has 0 aromatic heterocycles. The lowest BCUT2D eigenvalue weighted by Gasteiger charge is -2.70. The van der Waals surface area contributed by atoms with Crippen molar-refractivity contribution in [2.75, 3.05) is 0 Å². The standard InChI is InChI=1S/C24H34OSi/c1-21(2)22(3,4)24(19-15-11-9-12-16-19,20-17-13-10-14-18-20)26(7,8)25-23(21,5)6/h9-18H,1-8H3. The lowest BCUT2D eigenvalue weighted by molar-refractivity contribution is -0.139. The van der Waals surface area contributed by atoms with Crippen molar-refractivity contribution in [2.24, 2.45) is 10.8 Å². The van der Waals surface area contributed by atoms with Crippen LogP contribution >= 0.6 is 0 Å². The van der Waals surface area contributed by atoms with Crippen molar-refractivity contribution in [1.82, 2.24) is 0 Å². The van der Waals surface area contributed by atoms with Gasteiger partial charge >= 0.3 is 0 Å². The molecule has 1 heterocycles. The first-order valence-electron chi connectivity index (χ1n) is 9.73. The third kappa shape index (κ3) is 2.24. The second-order valence-electron chi connectivity index (χ2n) is 9.85. The Hall–Kier alpha value is -1.38. The van der Waals surface area contributed by atoms with Gasteiger partial charge in [-0.3, -0.25) is 0 Å². The van der Waals surface area contributed by atoms with E-state index < -0.39 is 8.32 Å². The van der Waals surface area contributed by atoms with Crippen molar-refractivity contribution in [3.63, 3.8) is 0 Å². The molecule has 2 aromatic carbocycles. The minimum absolute atomic E-state index is 0.000177. The quantitative estimate of drug-likeness (QED) is 0.546. The first kappa shape index (κ1) is 19.4. The van der Waals surface area contributed by atoms with Gasteiger partial charge in [0.15, 0.2) is 0 Å². The van der Waals surface area contributed by atoms with Gasteiger partial charge in [0.2, 0.25) is 8.32 Å². The van der Waals surface area contributed by atoms with Crippen LogP contribution in [0.3, 0.4) is 0 Å². The smallest absolute Gasteiger partial charge is 0.202 e. The summed E-state index contributed by atoms with van der Waals surface area (Å²) in [5, 5.41) is -0.137. The van der Waals surface area contributed by atoms with Gasteiger partial charge < -0.3 is 4.43 Å². The van der Waals surface area contributed by atoms with Crippen LogP contribution in [0.4, 0.5) is 0 Å². The van der Waals surface area contributed by atoms with Crippen LogP contribution in [0.1, 0.15) is 52.7 Å². The van der Waals surface area contributed by atoms with Gasteiger partial charge in [-0.15, -0.1) is 0 Å². The highest BCUT2D eigenvalue weighted by Crippen LogP contribution is 2.67. The van der Waals surface area contributed by atoms with Gasteiger partial charge in [-0.1, -0.05) is 88.4 Å². The Bertz CT molecular complexity index is 733. The lowest BCUT2D eigenvalue weighted by Crippen LogP contribution is -2.76. The van der Waals surface area contributed by atoms with Crippen molar-refractivity contribution in [1.29, 1.82) is 0 Å². The van der Waals surface area contributed by atoms with Gasteiger partial charge in [-0.25, -0.2) is 0 Å². The van der Waals surface area contributed by atoms with Crippen LogP contribution < -0.4 is 0 Å². The number of hydrogen-bond acceptors (Lipinski definition) is 1. The maximum atomic E-state index is 7.08. The molecule has 140 valence electrons. The Kier molecular flexibility index (Phi) is 4.33. The van der Waals surface area contributed by atoms with Gasteiger partial charge in [0.05, 0.1) is 5.60 Å². The Morgan fingerprint density at radius 2 is 1.00 bits per heavy atom. The molecule has 26 heavy (non-hydrogen) atoms. The monoisotopic (exact) mass is 366 g/mol. The van der Waals surface area contributed by atoms with E-state index >= 15 is 0 Å². The van der Waals surface area contributed by atoms with Crippen molar-refractivity contribution in [3.8, 4) is 0 Å². The summed E-state index contributed by atoms with van der Waals surface area (Å²) in [5.74, 6) is 0. The Morgan fingerprint density at radius 3 is 1.38 bits per heavy atom. The molecule has 1 aliphatic rings. The summed E-state index contributed by atoms with van der Waals surface area (Å²) in [6.45, 7) is 19.1. The van der Waals surface area contributed by atoms with Crippen molar-refractivity contribution < 1.29 is 4.43 Å². The van der Waals surface area contributed by atoms with Gasteiger partial charge in [-0.2, -0.15) is 0 Å². The Morgan fingerprint density at radius 1 is 0.615 bits per heavy atom. The molecule has 0 radical (unpaired) electrons. The van der Waals surface area contributed by atoms with Crippen LogP contribution in [0.25, 0.3) is 0 Å². The Balaban J connectivity index is 2.47. The van der Waals surface area contributed by atoms with E-state index in [1.807, 2.05) is 0 Å². The molecular weight excluding hydrogens is 332 g/mol. The molecule has 1 saturated heterocycles. The molecule has 0 atom stereocenters. The van der Waals surface area contributed by atoms with E-state index in [-0.39, 0.29) is 21.5 Å². The fraction of sp³-hybridized carbons (Fsp3) is 0.500. The molecule has 3 rings (SSSR count). The molecule has 0 saturated carbocycles. The number of benzene rings is 2. The van der Waals surface area contributed by atoms with E-state index in [0.29, 0.717) is 0 Å². The van der Waals surface area contributed by atoms with Crippen LogP contribution in [-0.4, -0.2) is 13.9 Å². The van der Waals surface area contributed by atoms with E-state index in [4.69, 9.17) is 4.43 Å². The van der Waals surface area contributed by atoms with E-state index in [0.717, 1.165) is 0 Å². The molecular formula is C24H34OSi. The van der Waals surface area contributed by atoms with Gasteiger partial charge in [0.1, 0.15) is 0 Å². The highest BCUT2D eigenvalue weighted by molar-refractivity contribution is 6.75. The van der Waals surface area contributed by atoms with Gasteiger partial charge in [-0.05, 0) is 48.9 Å². The molecule has 1 aliphatic heterocycles. The molecule has 0 unspecified atom stereocenters. The summed E-state index contributed by atoms with van der Waals surface area (Å²) in [6, 6.07) is 22.2. The highest BCUT2D eigenvalue weighted by atomic mass is 28.4. The van der Waals surface area contributed by atoms with E-state index in [2.05, 4.69) is 115 Å². The van der Waals surface area contributed by atoms with Crippen molar-refractivity contribution >= 4 is 8.32 Å². The molecule has 0 aliphatic carbocycles. The predicted octanol–water partition coefficient (Wildman–Crippen LogP) is 6.58. The maximum absolute atomic E-state index is 7.08. The molecule has 1 nitrogen and oxygen atoms in total. The molecule has 0 spiro atoms. The minimum Gasteiger partial charge on any atom is -0.411 e. The first-order chi connectivity index (χ1) is 11.9. The normalized spacial score (nSPS) is 24.8. The minimum atomic E-state index is -2.21. The van der Waals surface area contributed by atoms with Crippen LogP contribution in [0.5, 0.6) is 0 Å². The largest absolute Gasteiger partial charge is 0.411 e. The first-order valence-corrected chi connectivity index (χ1v) is 12.6. The highest BCUT2D eigenvalue weighted by Gasteiger charge is 2.71. The van der Waals surface area contributed by atoms with Crippen LogP contribution in [0.15, 0.2) is 60.7 Å². The van der Waals surface area contributed by atoms with Gasteiger partial charge in [0.25, 0.3) is 0 Å². The summed E-state index contributed by atoms with van der Waals surface area (Å²) in [4.78, 5) is 0. The van der Waals surface area contributed by atoms with Crippen molar-refractivity contribution in [2.45, 2.75) is 65.3 Å². The molecule has 2 heteroatoms. The average Bonchev–Trinajstić information content (AvgIpc) is 2.54. The fourth-order valence-corrected chi connectivity index (χ4v) is 11.0. The predicted molar refractivity (Wildman–Crippen MR) is 114 cm³/mol. The van der Waals surface area contributed by atoms with Crippen LogP contribution in [0.2, 0.25) is 13.1 Å². The van der Waals surface area contributed by atoms with E-state index in [1.54, 1.807) is 0 Å².